The van der Waals surface area contributed by atoms with Gasteiger partial charge in [-0.2, -0.15) is 5.10 Å². The van der Waals surface area contributed by atoms with Gasteiger partial charge in [-0.3, -0.25) is 9.59 Å². The Morgan fingerprint density at radius 2 is 1.93 bits per heavy atom. The maximum Gasteiger partial charge on any atom is 0.245 e. The average molecular weight is 439 g/mol. The fourth-order valence-corrected chi connectivity index (χ4v) is 3.14. The van der Waals surface area contributed by atoms with E-state index in [4.69, 9.17) is 23.2 Å². The van der Waals surface area contributed by atoms with Gasteiger partial charge in [0.15, 0.2) is 0 Å². The number of nitrogens with one attached hydrogen (secondary N) is 1. The molecule has 1 heterocycles. The molecule has 0 spiro atoms. The van der Waals surface area contributed by atoms with Crippen LogP contribution in [0.1, 0.15) is 46.7 Å². The molecule has 1 atom stereocenters. The van der Waals surface area contributed by atoms with Crippen molar-refractivity contribution in [3.8, 4) is 5.69 Å². The van der Waals surface area contributed by atoms with E-state index >= 15 is 0 Å². The third-order valence-electron chi connectivity index (χ3n) is 4.31. The Morgan fingerprint density at radius 3 is 2.48 bits per heavy atom. The van der Waals surface area contributed by atoms with Gasteiger partial charge in [0.2, 0.25) is 11.8 Å². The molecular formula is C21H28Cl2N4O2. The molecule has 2 rings (SSSR count). The summed E-state index contributed by atoms with van der Waals surface area (Å²) in [6.45, 7) is 10.1. The summed E-state index contributed by atoms with van der Waals surface area (Å²) < 4.78 is 1.62. The first kappa shape index (κ1) is 23.2. The summed E-state index contributed by atoms with van der Waals surface area (Å²) in [5.41, 5.74) is 1.25. The molecule has 0 aliphatic carbocycles. The highest BCUT2D eigenvalue weighted by atomic mass is 35.5. The average Bonchev–Trinajstić information content (AvgIpc) is 3.04. The van der Waals surface area contributed by atoms with Gasteiger partial charge in [-0.25, -0.2) is 4.68 Å². The zero-order valence-electron chi connectivity index (χ0n) is 17.5. The lowest BCUT2D eigenvalue weighted by molar-refractivity contribution is -0.134. The Morgan fingerprint density at radius 1 is 1.28 bits per heavy atom. The molecule has 2 amide bonds. The number of anilines is 1. The van der Waals surface area contributed by atoms with E-state index in [-0.39, 0.29) is 23.8 Å². The van der Waals surface area contributed by atoms with Crippen molar-refractivity contribution >= 4 is 40.8 Å². The van der Waals surface area contributed by atoms with E-state index in [1.807, 2.05) is 52.0 Å². The molecule has 0 aliphatic heterocycles. The molecule has 1 aromatic carbocycles. The van der Waals surface area contributed by atoms with Crippen LogP contribution in [0, 0.1) is 0 Å². The van der Waals surface area contributed by atoms with Gasteiger partial charge in [0, 0.05) is 18.0 Å². The molecule has 0 saturated carbocycles. The van der Waals surface area contributed by atoms with Gasteiger partial charge in [0.1, 0.15) is 11.2 Å². The number of carbonyl (C=O) groups excluding carboxylic acids is 2. The second kappa shape index (κ2) is 9.63. The number of aromatic nitrogens is 2. The summed E-state index contributed by atoms with van der Waals surface area (Å²) in [7, 11) is 0. The largest absolute Gasteiger partial charge is 0.332 e. The van der Waals surface area contributed by atoms with Crippen molar-refractivity contribution < 1.29 is 9.59 Å². The number of hydrogen-bond acceptors (Lipinski definition) is 3. The first-order chi connectivity index (χ1) is 13.5. The summed E-state index contributed by atoms with van der Waals surface area (Å²) in [5, 5.41) is 7.37. The molecule has 1 unspecified atom stereocenters. The van der Waals surface area contributed by atoms with Crippen molar-refractivity contribution in [1.82, 2.24) is 14.7 Å². The van der Waals surface area contributed by atoms with E-state index in [1.54, 1.807) is 17.7 Å². The van der Waals surface area contributed by atoms with Crippen molar-refractivity contribution in [2.24, 2.45) is 0 Å². The molecule has 0 aliphatic rings. The monoisotopic (exact) mass is 438 g/mol. The molecular weight excluding hydrogens is 411 g/mol. The minimum Gasteiger partial charge on any atom is -0.332 e. The topological polar surface area (TPSA) is 67.2 Å². The van der Waals surface area contributed by atoms with Crippen LogP contribution in [-0.2, 0) is 15.0 Å². The number of nitrogens with zero attached hydrogens (tertiary/aromatic N) is 3. The molecule has 1 aromatic heterocycles. The van der Waals surface area contributed by atoms with Crippen LogP contribution in [0.5, 0.6) is 0 Å². The highest BCUT2D eigenvalue weighted by molar-refractivity contribution is 6.32. The summed E-state index contributed by atoms with van der Waals surface area (Å²) >= 11 is 12.3. The number of rotatable bonds is 7. The second-order valence-electron chi connectivity index (χ2n) is 7.95. The van der Waals surface area contributed by atoms with Crippen LogP contribution < -0.4 is 5.32 Å². The van der Waals surface area contributed by atoms with Crippen molar-refractivity contribution in [2.75, 3.05) is 18.4 Å². The maximum atomic E-state index is 12.7. The lowest BCUT2D eigenvalue weighted by atomic mass is 9.92. The Bertz CT molecular complexity index is 872. The van der Waals surface area contributed by atoms with Gasteiger partial charge in [-0.05, 0) is 25.5 Å². The Balaban J connectivity index is 2.33. The van der Waals surface area contributed by atoms with E-state index < -0.39 is 5.38 Å². The van der Waals surface area contributed by atoms with E-state index in [9.17, 15) is 9.59 Å². The fraction of sp³-hybridized carbons (Fsp3) is 0.476. The molecule has 6 nitrogen and oxygen atoms in total. The number of carbonyl (C=O) groups is 2. The zero-order valence-corrected chi connectivity index (χ0v) is 19.0. The zero-order chi connectivity index (χ0) is 21.8. The van der Waals surface area contributed by atoms with Crippen molar-refractivity contribution in [1.29, 1.82) is 0 Å². The fourth-order valence-electron chi connectivity index (χ4n) is 2.79. The smallest absolute Gasteiger partial charge is 0.245 e. The molecule has 2 aromatic rings. The number of para-hydroxylation sites is 1. The van der Waals surface area contributed by atoms with Crippen LogP contribution >= 0.6 is 23.2 Å². The molecule has 0 fully saturated rings. The molecule has 29 heavy (non-hydrogen) atoms. The van der Waals surface area contributed by atoms with Crippen LogP contribution in [0.3, 0.4) is 0 Å². The predicted molar refractivity (Wildman–Crippen MR) is 118 cm³/mol. The Kier molecular flexibility index (Phi) is 7.72. The van der Waals surface area contributed by atoms with Gasteiger partial charge >= 0.3 is 0 Å². The lowest BCUT2D eigenvalue weighted by Gasteiger charge is -2.22. The number of amides is 2. The van der Waals surface area contributed by atoms with Crippen LogP contribution in [-0.4, -0.2) is 45.0 Å². The minimum atomic E-state index is -0.685. The van der Waals surface area contributed by atoms with Crippen molar-refractivity contribution in [3.63, 3.8) is 0 Å². The standard InChI is InChI=1S/C21H28Cl2N4O2/c1-6-11-26(20(29)14(2)22)13-19(28)24-18-12-17(21(3,4)5)25-27(18)16-10-8-7-9-15(16)23/h7-10,12,14H,6,11,13H2,1-5H3,(H,24,28). The second-order valence-corrected chi connectivity index (χ2v) is 9.01. The normalized spacial score (nSPS) is 12.5. The summed E-state index contributed by atoms with van der Waals surface area (Å²) in [6, 6.07) is 9.12. The van der Waals surface area contributed by atoms with Gasteiger partial charge in [-0.15, -0.1) is 11.6 Å². The molecule has 8 heteroatoms. The van der Waals surface area contributed by atoms with Crippen molar-refractivity contribution in [3.05, 3.63) is 41.0 Å². The van der Waals surface area contributed by atoms with E-state index in [0.717, 1.165) is 12.1 Å². The highest BCUT2D eigenvalue weighted by Crippen LogP contribution is 2.29. The van der Waals surface area contributed by atoms with Crippen LogP contribution in [0.25, 0.3) is 5.69 Å². The molecule has 1 N–H and O–H groups in total. The van der Waals surface area contributed by atoms with Crippen molar-refractivity contribution in [2.45, 2.75) is 51.8 Å². The summed E-state index contributed by atoms with van der Waals surface area (Å²) in [4.78, 5) is 26.5. The van der Waals surface area contributed by atoms with Gasteiger partial charge in [0.25, 0.3) is 0 Å². The minimum absolute atomic E-state index is 0.0811. The molecule has 0 bridgehead atoms. The third-order valence-corrected chi connectivity index (χ3v) is 4.81. The Labute approximate surface area is 182 Å². The number of hydrogen-bond donors (Lipinski definition) is 1. The third kappa shape index (κ3) is 5.97. The van der Waals surface area contributed by atoms with Gasteiger partial charge < -0.3 is 10.2 Å². The van der Waals surface area contributed by atoms with Crippen LogP contribution in [0.4, 0.5) is 5.82 Å². The molecule has 0 radical (unpaired) electrons. The number of benzene rings is 1. The highest BCUT2D eigenvalue weighted by Gasteiger charge is 2.24. The summed E-state index contributed by atoms with van der Waals surface area (Å²) in [5.74, 6) is -0.0905. The van der Waals surface area contributed by atoms with Gasteiger partial charge in [0.05, 0.1) is 22.9 Å². The number of halogens is 2. The first-order valence-corrected chi connectivity index (χ1v) is 10.4. The SMILES string of the molecule is CCCN(CC(=O)Nc1cc(C(C)(C)C)nn1-c1ccccc1Cl)C(=O)C(C)Cl. The van der Waals surface area contributed by atoms with E-state index in [0.29, 0.717) is 23.1 Å². The van der Waals surface area contributed by atoms with E-state index in [2.05, 4.69) is 10.4 Å². The number of alkyl halides is 1. The van der Waals surface area contributed by atoms with Crippen LogP contribution in [0.15, 0.2) is 30.3 Å². The first-order valence-electron chi connectivity index (χ1n) is 9.62. The quantitative estimate of drug-likeness (QED) is 0.640. The van der Waals surface area contributed by atoms with Gasteiger partial charge in [-0.1, -0.05) is 51.4 Å². The lowest BCUT2D eigenvalue weighted by Crippen LogP contribution is -2.41. The van der Waals surface area contributed by atoms with E-state index in [1.165, 1.54) is 4.90 Å². The van der Waals surface area contributed by atoms with Crippen LogP contribution in [0.2, 0.25) is 5.02 Å². The molecule has 158 valence electrons. The Hall–Kier alpha value is -2.05. The summed E-state index contributed by atoms with van der Waals surface area (Å²) in [6.07, 6.45) is 0.731. The molecule has 0 saturated heterocycles. The maximum absolute atomic E-state index is 12.7. The predicted octanol–water partition coefficient (Wildman–Crippen LogP) is 4.63.